The maximum Gasteiger partial charge on any atom is 0.254 e. The smallest absolute Gasteiger partial charge is 0.254 e. The lowest BCUT2D eigenvalue weighted by Crippen LogP contribution is -2.16. The molecule has 1 heterocycles. The van der Waals surface area contributed by atoms with E-state index in [1.165, 1.54) is 0 Å². The molecule has 0 aliphatic heterocycles. The molecule has 1 amide bonds. The van der Waals surface area contributed by atoms with Gasteiger partial charge in [-0.25, -0.2) is 5.43 Å². The van der Waals surface area contributed by atoms with Crippen LogP contribution >= 0.6 is 0 Å². The molecule has 0 radical (unpaired) electrons. The van der Waals surface area contributed by atoms with Gasteiger partial charge in [0, 0.05) is 23.1 Å². The van der Waals surface area contributed by atoms with Gasteiger partial charge in [0.15, 0.2) is 0 Å². The first kappa shape index (κ1) is 13.6. The van der Waals surface area contributed by atoms with Gasteiger partial charge in [-0.2, -0.15) is 10.4 Å². The van der Waals surface area contributed by atoms with E-state index in [0.29, 0.717) is 0 Å². The Balaban J connectivity index is 2.11. The number of hydrazone groups is 1. The molecule has 0 fully saturated rings. The first-order chi connectivity index (χ1) is 9.70. The number of carbonyl (C=O) groups excluding carboxylic acids is 1. The molecule has 0 aliphatic carbocycles. The maximum absolute atomic E-state index is 11.1. The van der Waals surface area contributed by atoms with Gasteiger partial charge in [-0.15, -0.1) is 0 Å². The van der Waals surface area contributed by atoms with Gasteiger partial charge in [-0.1, -0.05) is 18.2 Å². The number of hydrogen-bond donors (Lipinski definition) is 1. The van der Waals surface area contributed by atoms with Crippen molar-refractivity contribution in [2.45, 2.75) is 13.3 Å². The molecule has 0 unspecified atom stereocenters. The number of para-hydroxylation sites is 1. The van der Waals surface area contributed by atoms with E-state index in [-0.39, 0.29) is 6.42 Å². The summed E-state index contributed by atoms with van der Waals surface area (Å²) in [5.41, 5.74) is 5.32. The largest absolute Gasteiger partial charge is 0.321 e. The van der Waals surface area contributed by atoms with Gasteiger partial charge in [0.05, 0.1) is 12.3 Å². The third-order valence-corrected chi connectivity index (χ3v) is 2.71. The van der Waals surface area contributed by atoms with Gasteiger partial charge in [-0.05, 0) is 25.1 Å². The van der Waals surface area contributed by atoms with Crippen molar-refractivity contribution >= 4 is 12.1 Å². The van der Waals surface area contributed by atoms with Crippen LogP contribution in [0.25, 0.3) is 5.69 Å². The molecule has 20 heavy (non-hydrogen) atoms. The van der Waals surface area contributed by atoms with Crippen LogP contribution in [0.1, 0.15) is 17.7 Å². The summed E-state index contributed by atoms with van der Waals surface area (Å²) in [6, 6.07) is 13.7. The molecule has 1 aromatic carbocycles. The number of amides is 1. The van der Waals surface area contributed by atoms with Gasteiger partial charge in [0.25, 0.3) is 5.91 Å². The van der Waals surface area contributed by atoms with Gasteiger partial charge in [0.2, 0.25) is 0 Å². The molecule has 1 N–H and O–H groups in total. The van der Waals surface area contributed by atoms with E-state index in [4.69, 9.17) is 5.26 Å². The van der Waals surface area contributed by atoms with Crippen molar-refractivity contribution in [2.75, 3.05) is 0 Å². The van der Waals surface area contributed by atoms with Crippen LogP contribution in [0.4, 0.5) is 0 Å². The summed E-state index contributed by atoms with van der Waals surface area (Å²) in [5, 5.41) is 12.2. The Labute approximate surface area is 117 Å². The Morgan fingerprint density at radius 1 is 1.45 bits per heavy atom. The third-order valence-electron chi connectivity index (χ3n) is 2.71. The quantitative estimate of drug-likeness (QED) is 0.680. The fourth-order valence-corrected chi connectivity index (χ4v) is 1.83. The topological polar surface area (TPSA) is 70.2 Å². The van der Waals surface area contributed by atoms with Crippen molar-refractivity contribution in [3.63, 3.8) is 0 Å². The molecule has 2 rings (SSSR count). The minimum Gasteiger partial charge on any atom is -0.321 e. The van der Waals surface area contributed by atoms with Gasteiger partial charge in [0.1, 0.15) is 6.42 Å². The SMILES string of the molecule is Cc1cc(/C=N\NC(=O)CC#N)cn1-c1ccccc1. The first-order valence-corrected chi connectivity index (χ1v) is 6.14. The van der Waals surface area contributed by atoms with Crippen molar-refractivity contribution in [3.8, 4) is 11.8 Å². The molecular formula is C15H14N4O. The summed E-state index contributed by atoms with van der Waals surface area (Å²) in [6.07, 6.45) is 3.30. The van der Waals surface area contributed by atoms with Crippen LogP contribution in [0.2, 0.25) is 0 Å². The first-order valence-electron chi connectivity index (χ1n) is 6.14. The number of nitrogens with zero attached hydrogens (tertiary/aromatic N) is 3. The molecule has 0 spiro atoms. The fraction of sp³-hybridized carbons (Fsp3) is 0.133. The second kappa shape index (κ2) is 6.34. The average molecular weight is 266 g/mol. The standard InChI is InChI=1S/C15H14N4O/c1-12-9-13(10-17-18-15(20)7-8-16)11-19(12)14-5-3-2-4-6-14/h2-6,9-11H,7H2,1H3,(H,18,20)/b17-10-. The second-order valence-electron chi connectivity index (χ2n) is 4.25. The van der Waals surface area contributed by atoms with Gasteiger partial charge < -0.3 is 4.57 Å². The van der Waals surface area contributed by atoms with Crippen LogP contribution < -0.4 is 5.43 Å². The molecule has 0 saturated heterocycles. The molecular weight excluding hydrogens is 252 g/mol. The predicted octanol–water partition coefficient (Wildman–Crippen LogP) is 2.15. The summed E-state index contributed by atoms with van der Waals surface area (Å²) in [7, 11) is 0. The summed E-state index contributed by atoms with van der Waals surface area (Å²) in [6.45, 7) is 2.00. The van der Waals surface area contributed by atoms with Crippen LogP contribution in [0.5, 0.6) is 0 Å². The monoisotopic (exact) mass is 266 g/mol. The number of benzene rings is 1. The van der Waals surface area contributed by atoms with Crippen LogP contribution in [0, 0.1) is 18.3 Å². The second-order valence-corrected chi connectivity index (χ2v) is 4.25. The number of hydrogen-bond acceptors (Lipinski definition) is 3. The minimum atomic E-state index is -0.414. The molecule has 1 aromatic heterocycles. The Bertz CT molecular complexity index is 665. The molecule has 5 heteroatoms. The van der Waals surface area contributed by atoms with E-state index in [2.05, 4.69) is 10.5 Å². The summed E-state index contributed by atoms with van der Waals surface area (Å²) in [4.78, 5) is 11.1. The van der Waals surface area contributed by atoms with Crippen LogP contribution in [-0.2, 0) is 4.79 Å². The van der Waals surface area contributed by atoms with Crippen molar-refractivity contribution in [3.05, 3.63) is 53.9 Å². The molecule has 2 aromatic rings. The number of nitriles is 1. The molecule has 0 bridgehead atoms. The van der Waals surface area contributed by atoms with Crippen molar-refractivity contribution in [2.24, 2.45) is 5.10 Å². The molecule has 0 aliphatic rings. The fourth-order valence-electron chi connectivity index (χ4n) is 1.83. The lowest BCUT2D eigenvalue weighted by atomic mass is 10.3. The lowest BCUT2D eigenvalue weighted by molar-refractivity contribution is -0.120. The van der Waals surface area contributed by atoms with Gasteiger partial charge in [-0.3, -0.25) is 4.79 Å². The van der Waals surface area contributed by atoms with Crippen LogP contribution in [0.15, 0.2) is 47.7 Å². The molecule has 5 nitrogen and oxygen atoms in total. The van der Waals surface area contributed by atoms with E-state index in [0.717, 1.165) is 16.9 Å². The number of rotatable bonds is 4. The van der Waals surface area contributed by atoms with E-state index >= 15 is 0 Å². The Hall–Kier alpha value is -2.87. The zero-order valence-corrected chi connectivity index (χ0v) is 11.1. The molecule has 100 valence electrons. The lowest BCUT2D eigenvalue weighted by Gasteiger charge is -2.04. The van der Waals surface area contributed by atoms with Crippen LogP contribution in [-0.4, -0.2) is 16.7 Å². The summed E-state index contributed by atoms with van der Waals surface area (Å²) in [5.74, 6) is -0.414. The van der Waals surface area contributed by atoms with Crippen molar-refractivity contribution in [1.29, 1.82) is 5.26 Å². The van der Waals surface area contributed by atoms with Gasteiger partial charge >= 0.3 is 0 Å². The molecule has 0 saturated carbocycles. The average Bonchev–Trinajstić information content (AvgIpc) is 2.81. The van der Waals surface area contributed by atoms with E-state index in [1.54, 1.807) is 12.3 Å². The Morgan fingerprint density at radius 2 is 2.20 bits per heavy atom. The highest BCUT2D eigenvalue weighted by Crippen LogP contribution is 2.13. The zero-order valence-electron chi connectivity index (χ0n) is 11.1. The highest BCUT2D eigenvalue weighted by Gasteiger charge is 2.02. The van der Waals surface area contributed by atoms with Crippen LogP contribution in [0.3, 0.4) is 0 Å². The normalized spacial score (nSPS) is 10.4. The summed E-state index contributed by atoms with van der Waals surface area (Å²) < 4.78 is 2.04. The highest BCUT2D eigenvalue weighted by molar-refractivity contribution is 5.83. The number of carbonyl (C=O) groups is 1. The van der Waals surface area contributed by atoms with E-state index in [9.17, 15) is 4.79 Å². The van der Waals surface area contributed by atoms with E-state index in [1.807, 2.05) is 54.1 Å². The summed E-state index contributed by atoms with van der Waals surface area (Å²) >= 11 is 0. The van der Waals surface area contributed by atoms with Crippen molar-refractivity contribution in [1.82, 2.24) is 9.99 Å². The number of nitrogens with one attached hydrogen (secondary N) is 1. The molecule has 0 atom stereocenters. The van der Waals surface area contributed by atoms with E-state index < -0.39 is 5.91 Å². The Kier molecular flexibility index (Phi) is 4.30. The Morgan fingerprint density at radius 3 is 2.90 bits per heavy atom. The predicted molar refractivity (Wildman–Crippen MR) is 76.5 cm³/mol. The maximum atomic E-state index is 11.1. The minimum absolute atomic E-state index is 0.193. The third kappa shape index (κ3) is 3.33. The van der Waals surface area contributed by atoms with Crippen molar-refractivity contribution < 1.29 is 4.79 Å². The highest BCUT2D eigenvalue weighted by atomic mass is 16.2. The zero-order chi connectivity index (χ0) is 14.4. The number of aryl methyl sites for hydroxylation is 1. The number of aromatic nitrogens is 1.